The van der Waals surface area contributed by atoms with Crippen LogP contribution >= 0.6 is 18.9 Å². The average Bonchev–Trinajstić information content (AvgIpc) is 2.77. The van der Waals surface area contributed by atoms with Crippen LogP contribution in [0.4, 0.5) is 0 Å². The molecule has 0 unspecified atom stereocenters. The molecule has 0 fully saturated rings. The number of halogens is 1. The van der Waals surface area contributed by atoms with Crippen molar-refractivity contribution in [2.75, 3.05) is 0 Å². The van der Waals surface area contributed by atoms with E-state index in [0.717, 1.165) is 5.56 Å². The molecule has 0 bridgehead atoms. The standard InChI is InChI=1S/C26H20ClP/c27-23-12-10-11-22(21-23)19-20-28(24-13-4-1-5-14-24,25-15-6-2-7-16-25)26-17-8-3-9-18-26/h1-18,21,28H. The third kappa shape index (κ3) is 3.74. The maximum absolute atomic E-state index is 6.19. The quantitative estimate of drug-likeness (QED) is 0.321. The molecule has 4 aromatic rings. The molecule has 0 atom stereocenters. The molecule has 0 N–H and O–H groups in total. The van der Waals surface area contributed by atoms with E-state index in [4.69, 9.17) is 11.6 Å². The van der Waals surface area contributed by atoms with Gasteiger partial charge in [-0.2, -0.15) is 0 Å². The number of hydrogen-bond acceptors (Lipinski definition) is 0. The van der Waals surface area contributed by atoms with Crippen molar-refractivity contribution in [3.63, 3.8) is 0 Å². The van der Waals surface area contributed by atoms with Crippen molar-refractivity contribution >= 4 is 34.8 Å². The molecule has 0 radical (unpaired) electrons. The molecular weight excluding hydrogens is 379 g/mol. The Kier molecular flexibility index (Phi) is 5.59. The van der Waals surface area contributed by atoms with E-state index in [9.17, 15) is 0 Å². The van der Waals surface area contributed by atoms with E-state index in [2.05, 4.69) is 103 Å². The van der Waals surface area contributed by atoms with Gasteiger partial charge in [-0.05, 0) is 0 Å². The number of rotatable bonds is 3. The number of benzene rings is 4. The van der Waals surface area contributed by atoms with Crippen molar-refractivity contribution in [1.29, 1.82) is 0 Å². The zero-order chi connectivity index (χ0) is 19.2. The second-order valence-electron chi connectivity index (χ2n) is 6.61. The first-order valence-corrected chi connectivity index (χ1v) is 11.6. The van der Waals surface area contributed by atoms with Gasteiger partial charge in [-0.15, -0.1) is 0 Å². The van der Waals surface area contributed by atoms with Crippen molar-refractivity contribution in [3.05, 3.63) is 126 Å². The summed E-state index contributed by atoms with van der Waals surface area (Å²) in [6.45, 7) is 0. The van der Waals surface area contributed by atoms with Gasteiger partial charge in [0.15, 0.2) is 0 Å². The Labute approximate surface area is 172 Å². The van der Waals surface area contributed by atoms with E-state index in [-0.39, 0.29) is 0 Å². The van der Waals surface area contributed by atoms with Crippen LogP contribution in [0.3, 0.4) is 0 Å². The first-order valence-electron chi connectivity index (χ1n) is 9.24. The molecule has 136 valence electrons. The van der Waals surface area contributed by atoms with Gasteiger partial charge in [-0.25, -0.2) is 0 Å². The topological polar surface area (TPSA) is 0 Å². The van der Waals surface area contributed by atoms with Crippen LogP contribution in [0.25, 0.3) is 0 Å². The SMILES string of the molecule is Clc1cccc(C#C[PH](c2ccccc2)(c2ccccc2)c2ccccc2)c1. The fraction of sp³-hybridized carbons (Fsp3) is 0. The molecule has 0 nitrogen and oxygen atoms in total. The molecule has 0 aliphatic heterocycles. The third-order valence-corrected chi connectivity index (χ3v) is 9.17. The van der Waals surface area contributed by atoms with E-state index in [1.54, 1.807) is 0 Å². The van der Waals surface area contributed by atoms with Crippen LogP contribution in [0.2, 0.25) is 5.02 Å². The molecule has 0 aliphatic carbocycles. The first-order chi connectivity index (χ1) is 13.8. The van der Waals surface area contributed by atoms with Crippen molar-refractivity contribution < 1.29 is 0 Å². The van der Waals surface area contributed by atoms with Crippen molar-refractivity contribution in [2.24, 2.45) is 0 Å². The van der Waals surface area contributed by atoms with Gasteiger partial charge in [0.1, 0.15) is 0 Å². The molecule has 0 spiro atoms. The van der Waals surface area contributed by atoms with Crippen molar-refractivity contribution in [2.45, 2.75) is 0 Å². The van der Waals surface area contributed by atoms with Gasteiger partial charge in [-0.1, -0.05) is 0 Å². The van der Waals surface area contributed by atoms with Crippen molar-refractivity contribution in [3.8, 4) is 11.6 Å². The summed E-state index contributed by atoms with van der Waals surface area (Å²) >= 11 is 6.19. The summed E-state index contributed by atoms with van der Waals surface area (Å²) in [5.41, 5.74) is 4.69. The summed E-state index contributed by atoms with van der Waals surface area (Å²) in [4.78, 5) is 0. The first kappa shape index (κ1) is 18.5. The van der Waals surface area contributed by atoms with Crippen molar-refractivity contribution in [1.82, 2.24) is 0 Å². The molecule has 0 aromatic heterocycles. The summed E-state index contributed by atoms with van der Waals surface area (Å²) in [6, 6.07) is 39.8. The van der Waals surface area contributed by atoms with E-state index in [1.165, 1.54) is 15.9 Å². The second kappa shape index (κ2) is 8.45. The van der Waals surface area contributed by atoms with Crippen LogP contribution in [-0.2, 0) is 0 Å². The van der Waals surface area contributed by atoms with Gasteiger partial charge < -0.3 is 0 Å². The molecule has 2 heteroatoms. The monoisotopic (exact) mass is 398 g/mol. The minimum atomic E-state index is -2.53. The molecule has 28 heavy (non-hydrogen) atoms. The number of hydrogen-bond donors (Lipinski definition) is 0. The summed E-state index contributed by atoms with van der Waals surface area (Å²) in [7, 11) is -2.53. The van der Waals surface area contributed by atoms with Gasteiger partial charge in [-0.3, -0.25) is 0 Å². The predicted octanol–water partition coefficient (Wildman–Crippen LogP) is 5.38. The molecule has 0 heterocycles. The normalized spacial score (nSPS) is 11.3. The van der Waals surface area contributed by atoms with Gasteiger partial charge in [0.2, 0.25) is 0 Å². The fourth-order valence-corrected chi connectivity index (χ4v) is 7.55. The zero-order valence-corrected chi connectivity index (χ0v) is 17.1. The predicted molar refractivity (Wildman–Crippen MR) is 125 cm³/mol. The Hall–Kier alpha value is -2.84. The molecule has 0 amide bonds. The second-order valence-corrected chi connectivity index (χ2v) is 10.5. The average molecular weight is 399 g/mol. The summed E-state index contributed by atoms with van der Waals surface area (Å²) in [5.74, 6) is 3.45. The fourth-order valence-electron chi connectivity index (χ4n) is 3.51. The van der Waals surface area contributed by atoms with E-state index in [1.807, 2.05) is 24.3 Å². The zero-order valence-electron chi connectivity index (χ0n) is 15.3. The molecule has 0 saturated heterocycles. The van der Waals surface area contributed by atoms with E-state index >= 15 is 0 Å². The van der Waals surface area contributed by atoms with Crippen LogP contribution in [-0.4, -0.2) is 0 Å². The maximum atomic E-state index is 6.19. The Balaban J connectivity index is 2.02. The molecule has 0 aliphatic rings. The summed E-state index contributed by atoms with van der Waals surface area (Å²) in [5, 5.41) is 4.55. The van der Waals surface area contributed by atoms with Crippen LogP contribution in [0.15, 0.2) is 115 Å². The Morgan fingerprint density at radius 1 is 0.536 bits per heavy atom. The Morgan fingerprint density at radius 2 is 1.00 bits per heavy atom. The molecule has 0 saturated carbocycles. The van der Waals surface area contributed by atoms with E-state index < -0.39 is 7.26 Å². The van der Waals surface area contributed by atoms with Gasteiger partial charge >= 0.3 is 172 Å². The van der Waals surface area contributed by atoms with Crippen LogP contribution in [0, 0.1) is 11.6 Å². The Morgan fingerprint density at radius 3 is 1.43 bits per heavy atom. The molecular formula is C26H20ClP. The molecule has 4 rings (SSSR count). The van der Waals surface area contributed by atoms with Crippen LogP contribution < -0.4 is 15.9 Å². The van der Waals surface area contributed by atoms with Gasteiger partial charge in [0.05, 0.1) is 0 Å². The van der Waals surface area contributed by atoms with Crippen LogP contribution in [0.5, 0.6) is 0 Å². The summed E-state index contributed by atoms with van der Waals surface area (Å²) in [6.07, 6.45) is 0. The third-order valence-electron chi connectivity index (χ3n) is 4.84. The Bertz CT molecular complexity index is 1010. The molecule has 4 aromatic carbocycles. The van der Waals surface area contributed by atoms with Gasteiger partial charge in [0, 0.05) is 0 Å². The van der Waals surface area contributed by atoms with Gasteiger partial charge in [0.25, 0.3) is 0 Å². The van der Waals surface area contributed by atoms with Crippen LogP contribution in [0.1, 0.15) is 5.56 Å². The minimum absolute atomic E-state index is 0.707. The van der Waals surface area contributed by atoms with E-state index in [0.29, 0.717) is 5.02 Å². The summed E-state index contributed by atoms with van der Waals surface area (Å²) < 4.78 is 0.